The molecule has 0 atom stereocenters. The molecule has 0 aliphatic heterocycles. The summed E-state index contributed by atoms with van der Waals surface area (Å²) < 4.78 is 0. The Kier molecular flexibility index (Phi) is 200. The normalized spacial score (nSPS) is 2.57. The zero-order valence-corrected chi connectivity index (χ0v) is 8.28. The second-order valence-corrected chi connectivity index (χ2v) is 0.105. The Balaban J connectivity index is -0.0000000105. The molecule has 0 unspecified atom stereocenters. The van der Waals surface area contributed by atoms with Crippen molar-refractivity contribution in [3.05, 3.63) is 7.43 Å². The van der Waals surface area contributed by atoms with E-state index in [0.717, 1.165) is 0 Å². The van der Waals surface area contributed by atoms with Crippen molar-refractivity contribution in [3.63, 3.8) is 0 Å². The number of hydrogen-bond donors (Lipinski definition) is 1. The summed E-state index contributed by atoms with van der Waals surface area (Å²) in [5.74, 6) is 0. The first-order valence-corrected chi connectivity index (χ1v) is 5.49. The molecule has 0 bridgehead atoms. The molecule has 48 valence electrons. The first kappa shape index (κ1) is 24.1. The van der Waals surface area contributed by atoms with Gasteiger partial charge in [0.15, 0.2) is 0 Å². The van der Waals surface area contributed by atoms with Gasteiger partial charge in [-0.2, -0.15) is 0 Å². The SMILES string of the molecule is O=CO.[CH3-].[Rh+2][I].[SH-]. The Morgan fingerprint density at radius 3 is 1.57 bits per heavy atom. The van der Waals surface area contributed by atoms with E-state index in [1.54, 1.807) is 0 Å². The fourth-order valence-electron chi connectivity index (χ4n) is 0. The third kappa shape index (κ3) is 139. The maximum Gasteiger partial charge on any atom is -0.813 e. The average Bonchev–Trinajstić information content (AvgIpc) is 1.46. The summed E-state index contributed by atoms with van der Waals surface area (Å²) in [6.45, 7) is -0.250. The first-order valence-electron chi connectivity index (χ1n) is 0.620. The molecule has 7 heavy (non-hydrogen) atoms. The van der Waals surface area contributed by atoms with Crippen LogP contribution in [0.1, 0.15) is 0 Å². The van der Waals surface area contributed by atoms with Gasteiger partial charge in [-0.15, -0.1) is 0 Å². The monoisotopic (exact) mass is 324 g/mol. The third-order valence-electron chi connectivity index (χ3n) is 0. The number of halogens is 1. The van der Waals surface area contributed by atoms with Crippen LogP contribution in [-0.2, 0) is 33.1 Å². The molecule has 1 N–H and O–H groups in total. The molecule has 0 radical (unpaired) electrons. The standard InChI is InChI=1S/CH2O2.CH3.HI.Rh.H2S/c2-1-3;;;;/h1H,(H,2,3);1H3;1H;;1H2/q;-1;;+3;/p-2. The molecule has 0 aliphatic rings. The number of hydrogen-bond acceptors (Lipinski definition) is 2. The number of thiol groups is 1. The Labute approximate surface area is 71.4 Å². The van der Waals surface area contributed by atoms with Gasteiger partial charge in [-0.25, -0.2) is 0 Å². The Hall–Kier alpha value is 1.17. The van der Waals surface area contributed by atoms with Gasteiger partial charge in [0.25, 0.3) is 6.47 Å². The summed E-state index contributed by atoms with van der Waals surface area (Å²) in [6, 6.07) is 0. The molecule has 0 aliphatic carbocycles. The minimum Gasteiger partial charge on any atom is -0.813 e. The summed E-state index contributed by atoms with van der Waals surface area (Å²) in [6.07, 6.45) is 0. The van der Waals surface area contributed by atoms with Crippen LogP contribution in [0.2, 0.25) is 0 Å². The molecule has 2 nitrogen and oxygen atoms in total. The van der Waals surface area contributed by atoms with Gasteiger partial charge >= 0.3 is 34.5 Å². The van der Waals surface area contributed by atoms with Gasteiger partial charge in [-0.1, -0.05) is 0 Å². The third-order valence-corrected chi connectivity index (χ3v) is 0. The smallest absolute Gasteiger partial charge is 0.813 e. The van der Waals surface area contributed by atoms with Crippen molar-refractivity contribution in [1.82, 2.24) is 0 Å². The fourth-order valence-corrected chi connectivity index (χ4v) is 0. The van der Waals surface area contributed by atoms with E-state index in [0.29, 0.717) is 0 Å². The van der Waals surface area contributed by atoms with E-state index in [-0.39, 0.29) is 27.4 Å². The van der Waals surface area contributed by atoms with Gasteiger partial charge in [-0.3, -0.25) is 4.79 Å². The van der Waals surface area contributed by atoms with E-state index in [1.165, 1.54) is 0 Å². The minimum absolute atomic E-state index is 0. The summed E-state index contributed by atoms with van der Waals surface area (Å²) in [4.78, 5) is 8.36. The van der Waals surface area contributed by atoms with Crippen LogP contribution in [0.3, 0.4) is 0 Å². The predicted molar refractivity (Wildman–Crippen MR) is 37.9 cm³/mol. The van der Waals surface area contributed by atoms with Crippen LogP contribution < -0.4 is 0 Å². The van der Waals surface area contributed by atoms with Crippen molar-refractivity contribution >= 4 is 39.7 Å². The van der Waals surface area contributed by atoms with Crippen molar-refractivity contribution < 1.29 is 24.7 Å². The van der Waals surface area contributed by atoms with Crippen molar-refractivity contribution in [2.24, 2.45) is 0 Å². The van der Waals surface area contributed by atoms with Gasteiger partial charge < -0.3 is 26.0 Å². The molecule has 0 amide bonds. The summed E-state index contributed by atoms with van der Waals surface area (Å²) in [5, 5.41) is 6.89. The van der Waals surface area contributed by atoms with Crippen LogP contribution in [0.4, 0.5) is 0 Å². The van der Waals surface area contributed by atoms with Crippen LogP contribution in [-0.4, -0.2) is 11.6 Å². The summed E-state index contributed by atoms with van der Waals surface area (Å²) in [7, 11) is 0. The quantitative estimate of drug-likeness (QED) is 0.179. The van der Waals surface area contributed by atoms with Crippen molar-refractivity contribution in [2.75, 3.05) is 0 Å². The fraction of sp³-hybridized carbons (Fsp3) is 0. The average molecular weight is 324 g/mol. The zero-order chi connectivity index (χ0) is 4.71. The van der Waals surface area contributed by atoms with E-state index in [1.807, 2.05) is 19.8 Å². The van der Waals surface area contributed by atoms with E-state index < -0.39 is 0 Å². The van der Waals surface area contributed by atoms with Crippen LogP contribution in [0.25, 0.3) is 0 Å². The molecular weight excluding hydrogens is 318 g/mol. The Morgan fingerprint density at radius 2 is 1.57 bits per heavy atom. The maximum absolute atomic E-state index is 8.36. The van der Waals surface area contributed by atoms with Crippen LogP contribution >= 0.6 is 19.8 Å². The number of rotatable bonds is 0. The van der Waals surface area contributed by atoms with Gasteiger partial charge in [0.2, 0.25) is 0 Å². The Morgan fingerprint density at radius 1 is 1.57 bits per heavy atom. The second kappa shape index (κ2) is 57.9. The molecule has 0 aromatic heterocycles. The minimum atomic E-state index is -0.250. The van der Waals surface area contributed by atoms with Gasteiger partial charge in [0.05, 0.1) is 0 Å². The van der Waals surface area contributed by atoms with E-state index >= 15 is 0 Å². The number of carboxylic acid groups (broad SMARTS) is 1. The second-order valence-electron chi connectivity index (χ2n) is 0.105. The number of carbonyl (C=O) groups is 1. The topological polar surface area (TPSA) is 37.3 Å². The molecular formula is C2H6IO2RhS. The molecule has 0 heterocycles. The zero-order valence-electron chi connectivity index (χ0n) is 3.59. The van der Waals surface area contributed by atoms with Gasteiger partial charge in [-0.05, 0) is 0 Å². The molecule has 0 fully saturated rings. The van der Waals surface area contributed by atoms with Gasteiger partial charge in [0.1, 0.15) is 0 Å². The van der Waals surface area contributed by atoms with Crippen LogP contribution in [0, 0.1) is 7.43 Å². The summed E-state index contributed by atoms with van der Waals surface area (Å²) >= 11 is 4.56. The molecule has 0 spiro atoms. The molecule has 0 rings (SSSR count). The van der Waals surface area contributed by atoms with E-state index in [4.69, 9.17) is 9.90 Å². The van der Waals surface area contributed by atoms with Crippen molar-refractivity contribution in [1.29, 1.82) is 0 Å². The first-order chi connectivity index (χ1) is 2.41. The summed E-state index contributed by atoms with van der Waals surface area (Å²) in [5.41, 5.74) is 0. The van der Waals surface area contributed by atoms with Crippen molar-refractivity contribution in [3.8, 4) is 0 Å². The molecule has 0 saturated heterocycles. The molecule has 0 aromatic carbocycles. The predicted octanol–water partition coefficient (Wildman–Crippen LogP) is 0.764. The molecule has 0 saturated carbocycles. The maximum atomic E-state index is 8.36. The Bertz CT molecular complexity index is 23.2. The van der Waals surface area contributed by atoms with Crippen LogP contribution in [0.5, 0.6) is 0 Å². The van der Waals surface area contributed by atoms with E-state index in [2.05, 4.69) is 14.8 Å². The molecule has 0 aromatic rings. The van der Waals surface area contributed by atoms with Crippen LogP contribution in [0.15, 0.2) is 0 Å². The molecule has 5 heteroatoms. The van der Waals surface area contributed by atoms with E-state index in [9.17, 15) is 0 Å². The largest absolute Gasteiger partial charge is 0.813 e. The van der Waals surface area contributed by atoms with Gasteiger partial charge in [0, 0.05) is 0 Å². The van der Waals surface area contributed by atoms with Crippen molar-refractivity contribution in [2.45, 2.75) is 0 Å².